The summed E-state index contributed by atoms with van der Waals surface area (Å²) in [6.07, 6.45) is 0. The van der Waals surface area contributed by atoms with E-state index in [1.807, 2.05) is 0 Å². The lowest BCUT2D eigenvalue weighted by Gasteiger charge is -2.09. The van der Waals surface area contributed by atoms with Crippen molar-refractivity contribution in [3.8, 4) is 0 Å². The van der Waals surface area contributed by atoms with Crippen molar-refractivity contribution in [2.24, 2.45) is 0 Å². The zero-order chi connectivity index (χ0) is 15.8. The first-order valence-electron chi connectivity index (χ1n) is 5.71. The van der Waals surface area contributed by atoms with E-state index in [9.17, 15) is 13.2 Å². The van der Waals surface area contributed by atoms with E-state index in [1.54, 1.807) is 0 Å². The Morgan fingerprint density at radius 1 is 1.38 bits per heavy atom. The van der Waals surface area contributed by atoms with E-state index in [4.69, 9.17) is 21.2 Å². The number of rotatable bonds is 4. The topological polar surface area (TPSA) is 110 Å². The van der Waals surface area contributed by atoms with E-state index < -0.39 is 16.0 Å². The Kier molecular flexibility index (Phi) is 3.93. The SMILES string of the molecule is Cc1noc(C)c1S(=O)(=O)Nc1ccc(C(=O)O)cc1Cl. The molecule has 112 valence electrons. The summed E-state index contributed by atoms with van der Waals surface area (Å²) in [4.78, 5) is 10.7. The Balaban J connectivity index is 2.40. The summed E-state index contributed by atoms with van der Waals surface area (Å²) in [6, 6.07) is 3.69. The Hall–Kier alpha value is -2.06. The molecule has 0 fully saturated rings. The summed E-state index contributed by atoms with van der Waals surface area (Å²) < 4.78 is 31.7. The average Bonchev–Trinajstić information content (AvgIpc) is 2.71. The van der Waals surface area contributed by atoms with Crippen molar-refractivity contribution in [1.82, 2.24) is 5.16 Å². The molecule has 2 N–H and O–H groups in total. The third kappa shape index (κ3) is 3.01. The summed E-state index contributed by atoms with van der Waals surface area (Å²) in [7, 11) is -3.93. The van der Waals surface area contributed by atoms with Crippen molar-refractivity contribution in [2.75, 3.05) is 4.72 Å². The maximum absolute atomic E-state index is 12.3. The van der Waals surface area contributed by atoms with Gasteiger partial charge in [0.25, 0.3) is 10.0 Å². The Labute approximate surface area is 125 Å². The molecule has 2 rings (SSSR count). The molecule has 9 heteroatoms. The molecule has 0 atom stereocenters. The number of carboxylic acids is 1. The van der Waals surface area contributed by atoms with E-state index in [2.05, 4.69) is 9.88 Å². The molecule has 1 aromatic heterocycles. The molecule has 21 heavy (non-hydrogen) atoms. The molecule has 7 nitrogen and oxygen atoms in total. The summed E-state index contributed by atoms with van der Waals surface area (Å²) >= 11 is 5.89. The van der Waals surface area contributed by atoms with Crippen LogP contribution < -0.4 is 4.72 Å². The van der Waals surface area contributed by atoms with E-state index in [0.29, 0.717) is 0 Å². The second-order valence-electron chi connectivity index (χ2n) is 4.26. The van der Waals surface area contributed by atoms with Crippen LogP contribution in [0.5, 0.6) is 0 Å². The number of halogens is 1. The maximum Gasteiger partial charge on any atom is 0.335 e. The number of nitrogens with zero attached hydrogens (tertiary/aromatic N) is 1. The second-order valence-corrected chi connectivity index (χ2v) is 6.29. The number of carboxylic acid groups (broad SMARTS) is 1. The monoisotopic (exact) mass is 330 g/mol. The van der Waals surface area contributed by atoms with Crippen molar-refractivity contribution in [3.05, 3.63) is 40.2 Å². The lowest BCUT2D eigenvalue weighted by Crippen LogP contribution is -2.15. The van der Waals surface area contributed by atoms with E-state index in [1.165, 1.54) is 26.0 Å². The smallest absolute Gasteiger partial charge is 0.335 e. The molecule has 0 saturated carbocycles. The van der Waals surface area contributed by atoms with Gasteiger partial charge < -0.3 is 9.63 Å². The second kappa shape index (κ2) is 5.38. The van der Waals surface area contributed by atoms with Crippen LogP contribution in [0.3, 0.4) is 0 Å². The molecule has 0 bridgehead atoms. The van der Waals surface area contributed by atoms with Gasteiger partial charge in [-0.15, -0.1) is 0 Å². The number of hydrogen-bond acceptors (Lipinski definition) is 5. The highest BCUT2D eigenvalue weighted by molar-refractivity contribution is 7.92. The quantitative estimate of drug-likeness (QED) is 0.891. The zero-order valence-corrected chi connectivity index (χ0v) is 12.6. The van der Waals surface area contributed by atoms with Gasteiger partial charge in [0, 0.05) is 0 Å². The summed E-state index contributed by atoms with van der Waals surface area (Å²) in [5.41, 5.74) is 0.250. The first-order chi connectivity index (χ1) is 9.72. The fourth-order valence-corrected chi connectivity index (χ4v) is 3.48. The lowest BCUT2D eigenvalue weighted by atomic mass is 10.2. The van der Waals surface area contributed by atoms with Crippen LogP contribution in [0.15, 0.2) is 27.6 Å². The van der Waals surface area contributed by atoms with Gasteiger partial charge in [-0.25, -0.2) is 13.2 Å². The summed E-state index contributed by atoms with van der Waals surface area (Å²) in [5, 5.41) is 12.4. The molecule has 0 aliphatic rings. The largest absolute Gasteiger partial charge is 0.478 e. The van der Waals surface area contributed by atoms with Crippen molar-refractivity contribution < 1.29 is 22.8 Å². The van der Waals surface area contributed by atoms with Gasteiger partial charge in [-0.2, -0.15) is 0 Å². The van der Waals surface area contributed by atoms with Crippen molar-refractivity contribution >= 4 is 33.3 Å². The minimum atomic E-state index is -3.93. The van der Waals surface area contributed by atoms with Crippen LogP contribution in [-0.4, -0.2) is 24.7 Å². The van der Waals surface area contributed by atoms with Crippen molar-refractivity contribution in [2.45, 2.75) is 18.7 Å². The number of aromatic nitrogens is 1. The number of aromatic carboxylic acids is 1. The predicted molar refractivity (Wildman–Crippen MR) is 75.2 cm³/mol. The normalized spacial score (nSPS) is 11.4. The zero-order valence-electron chi connectivity index (χ0n) is 11.0. The highest BCUT2D eigenvalue weighted by Crippen LogP contribution is 2.27. The van der Waals surface area contributed by atoms with Crippen LogP contribution >= 0.6 is 11.6 Å². The van der Waals surface area contributed by atoms with Crippen LogP contribution in [-0.2, 0) is 10.0 Å². The fourth-order valence-electron chi connectivity index (χ4n) is 1.78. The summed E-state index contributed by atoms with van der Waals surface area (Å²) in [5.74, 6) is -1.00. The van der Waals surface area contributed by atoms with E-state index in [0.717, 1.165) is 6.07 Å². The molecular weight excluding hydrogens is 320 g/mol. The van der Waals surface area contributed by atoms with Crippen molar-refractivity contribution in [1.29, 1.82) is 0 Å². The van der Waals surface area contributed by atoms with Gasteiger partial charge in [-0.1, -0.05) is 16.8 Å². The first-order valence-corrected chi connectivity index (χ1v) is 7.57. The molecule has 0 unspecified atom stereocenters. The minimum Gasteiger partial charge on any atom is -0.478 e. The van der Waals surface area contributed by atoms with Crippen molar-refractivity contribution in [3.63, 3.8) is 0 Å². The van der Waals surface area contributed by atoms with E-state index in [-0.39, 0.29) is 32.6 Å². The van der Waals surface area contributed by atoms with Crippen LogP contribution in [0, 0.1) is 13.8 Å². The highest BCUT2D eigenvalue weighted by atomic mass is 35.5. The molecule has 0 aliphatic carbocycles. The Morgan fingerprint density at radius 3 is 2.52 bits per heavy atom. The van der Waals surface area contributed by atoms with E-state index >= 15 is 0 Å². The third-order valence-corrected chi connectivity index (χ3v) is 4.62. The molecule has 0 spiro atoms. The molecule has 1 aromatic carbocycles. The molecule has 2 aromatic rings. The van der Waals surface area contributed by atoms with Gasteiger partial charge in [0.15, 0.2) is 10.7 Å². The average molecular weight is 331 g/mol. The first kappa shape index (κ1) is 15.3. The van der Waals surface area contributed by atoms with Crippen LogP contribution in [0.1, 0.15) is 21.8 Å². The molecule has 0 saturated heterocycles. The van der Waals surface area contributed by atoms with Crippen LogP contribution in [0.4, 0.5) is 5.69 Å². The molecule has 0 radical (unpaired) electrons. The standard InChI is InChI=1S/C12H11ClN2O5S/c1-6-11(7(2)20-14-6)21(18,19)15-10-4-3-8(12(16)17)5-9(10)13/h3-5,15H,1-2H3,(H,16,17). The van der Waals surface area contributed by atoms with Gasteiger partial charge in [-0.05, 0) is 32.0 Å². The van der Waals surface area contributed by atoms with Gasteiger partial charge in [0.1, 0.15) is 5.69 Å². The molecule has 1 heterocycles. The molecular formula is C12H11ClN2O5S. The van der Waals surface area contributed by atoms with Crippen LogP contribution in [0.25, 0.3) is 0 Å². The number of hydrogen-bond donors (Lipinski definition) is 2. The van der Waals surface area contributed by atoms with Gasteiger partial charge in [-0.3, -0.25) is 4.72 Å². The maximum atomic E-state index is 12.3. The van der Waals surface area contributed by atoms with Gasteiger partial charge >= 0.3 is 5.97 Å². The Bertz CT molecular complexity index is 794. The fraction of sp³-hybridized carbons (Fsp3) is 0.167. The lowest BCUT2D eigenvalue weighted by molar-refractivity contribution is 0.0697. The number of anilines is 1. The number of sulfonamides is 1. The number of aryl methyl sites for hydroxylation is 2. The summed E-state index contributed by atoms with van der Waals surface area (Å²) in [6.45, 7) is 2.98. The van der Waals surface area contributed by atoms with Gasteiger partial charge in [0.2, 0.25) is 0 Å². The third-order valence-electron chi connectivity index (χ3n) is 2.70. The molecule has 0 aliphatic heterocycles. The minimum absolute atomic E-state index is 0.0229. The Morgan fingerprint density at radius 2 is 2.05 bits per heavy atom. The van der Waals surface area contributed by atoms with Crippen LogP contribution in [0.2, 0.25) is 5.02 Å². The molecule has 0 amide bonds. The number of carbonyl (C=O) groups is 1. The number of benzene rings is 1. The highest BCUT2D eigenvalue weighted by Gasteiger charge is 2.25. The predicted octanol–water partition coefficient (Wildman–Crippen LogP) is 2.44. The van der Waals surface area contributed by atoms with Gasteiger partial charge in [0.05, 0.1) is 16.3 Å². The number of nitrogens with one attached hydrogen (secondary N) is 1.